The van der Waals surface area contributed by atoms with Crippen molar-refractivity contribution in [2.75, 3.05) is 6.54 Å². The third kappa shape index (κ3) is 2.71. The summed E-state index contributed by atoms with van der Waals surface area (Å²) in [7, 11) is 0. The number of halogens is 1. The molecular weight excluding hydrogens is 219 g/mol. The third-order valence-electron chi connectivity index (χ3n) is 2.54. The molecule has 0 radical (unpaired) electrons. The number of hydrogen-bond acceptors (Lipinski definition) is 3. The van der Waals surface area contributed by atoms with Crippen molar-refractivity contribution in [2.45, 2.75) is 20.4 Å². The van der Waals surface area contributed by atoms with Gasteiger partial charge in [0.2, 0.25) is 5.89 Å². The molecule has 1 aromatic heterocycles. The van der Waals surface area contributed by atoms with E-state index < -0.39 is 0 Å². The average Bonchev–Trinajstić information content (AvgIpc) is 2.79. The fourth-order valence-electron chi connectivity index (χ4n) is 1.50. The molecule has 17 heavy (non-hydrogen) atoms. The largest absolute Gasteiger partial charge is 0.439 e. The quantitative estimate of drug-likeness (QED) is 0.884. The second kappa shape index (κ2) is 5.10. The van der Waals surface area contributed by atoms with Crippen molar-refractivity contribution in [1.82, 2.24) is 10.3 Å². The van der Waals surface area contributed by atoms with Gasteiger partial charge in [-0.05, 0) is 25.1 Å². The smallest absolute Gasteiger partial charge is 0.208 e. The fraction of sp³-hybridized carbons (Fsp3) is 0.308. The Morgan fingerprint density at radius 2 is 2.24 bits per heavy atom. The summed E-state index contributed by atoms with van der Waals surface area (Å²) >= 11 is 0. The van der Waals surface area contributed by atoms with Crippen LogP contribution in [0.1, 0.15) is 18.4 Å². The van der Waals surface area contributed by atoms with Gasteiger partial charge >= 0.3 is 0 Å². The Kier molecular flexibility index (Phi) is 3.54. The van der Waals surface area contributed by atoms with E-state index in [1.54, 1.807) is 19.2 Å². The highest BCUT2D eigenvalue weighted by molar-refractivity contribution is 5.56. The Bertz CT molecular complexity index is 508. The van der Waals surface area contributed by atoms with Crippen LogP contribution in [0.15, 0.2) is 28.8 Å². The molecule has 1 N–H and O–H groups in total. The molecule has 0 fully saturated rings. The molecule has 0 spiro atoms. The van der Waals surface area contributed by atoms with E-state index in [-0.39, 0.29) is 5.82 Å². The summed E-state index contributed by atoms with van der Waals surface area (Å²) < 4.78 is 18.9. The minimum absolute atomic E-state index is 0.230. The first-order valence-electron chi connectivity index (χ1n) is 5.62. The average molecular weight is 234 g/mol. The summed E-state index contributed by atoms with van der Waals surface area (Å²) in [6.45, 7) is 5.19. The zero-order chi connectivity index (χ0) is 12.3. The van der Waals surface area contributed by atoms with Crippen LogP contribution >= 0.6 is 0 Å². The molecule has 0 bridgehead atoms. The maximum atomic E-state index is 13.4. The molecular formula is C13H15FN2O. The maximum absolute atomic E-state index is 13.4. The van der Waals surface area contributed by atoms with Crippen LogP contribution in [0.3, 0.4) is 0 Å². The second-order valence-electron chi connectivity index (χ2n) is 3.86. The number of hydrogen-bond donors (Lipinski definition) is 1. The van der Waals surface area contributed by atoms with Crippen molar-refractivity contribution in [1.29, 1.82) is 0 Å². The lowest BCUT2D eigenvalue weighted by Crippen LogP contribution is -2.11. The Balaban J connectivity index is 2.21. The summed E-state index contributed by atoms with van der Waals surface area (Å²) in [5.41, 5.74) is 1.34. The van der Waals surface area contributed by atoms with Crippen molar-refractivity contribution in [2.24, 2.45) is 0 Å². The van der Waals surface area contributed by atoms with Crippen LogP contribution in [0.25, 0.3) is 11.3 Å². The molecule has 4 heteroatoms. The lowest BCUT2D eigenvalue weighted by Gasteiger charge is -1.99. The van der Waals surface area contributed by atoms with Crippen molar-refractivity contribution >= 4 is 0 Å². The van der Waals surface area contributed by atoms with Gasteiger partial charge in [0, 0.05) is 5.56 Å². The predicted molar refractivity (Wildman–Crippen MR) is 64.0 cm³/mol. The van der Waals surface area contributed by atoms with Gasteiger partial charge in [-0.2, -0.15) is 0 Å². The molecule has 3 nitrogen and oxygen atoms in total. The maximum Gasteiger partial charge on any atom is 0.208 e. The van der Waals surface area contributed by atoms with Crippen LogP contribution in [0.5, 0.6) is 0 Å². The molecule has 0 aliphatic heterocycles. The van der Waals surface area contributed by atoms with E-state index >= 15 is 0 Å². The van der Waals surface area contributed by atoms with Crippen LogP contribution in [0, 0.1) is 12.7 Å². The molecule has 90 valence electrons. The van der Waals surface area contributed by atoms with Gasteiger partial charge < -0.3 is 9.73 Å². The first kappa shape index (κ1) is 11.8. The normalized spacial score (nSPS) is 10.8. The van der Waals surface area contributed by atoms with Gasteiger partial charge in [0.1, 0.15) is 5.82 Å². The molecule has 0 atom stereocenters. The molecule has 0 saturated heterocycles. The zero-order valence-electron chi connectivity index (χ0n) is 9.96. The first-order valence-corrected chi connectivity index (χ1v) is 5.62. The molecule has 0 unspecified atom stereocenters. The van der Waals surface area contributed by atoms with Gasteiger partial charge in [0.25, 0.3) is 0 Å². The molecule has 0 aliphatic rings. The van der Waals surface area contributed by atoms with Crippen LogP contribution in [-0.2, 0) is 6.54 Å². The number of oxazole rings is 1. The van der Waals surface area contributed by atoms with E-state index in [0.717, 1.165) is 6.54 Å². The number of nitrogens with zero attached hydrogens (tertiary/aromatic N) is 1. The monoisotopic (exact) mass is 234 g/mol. The summed E-state index contributed by atoms with van der Waals surface area (Å²) in [6.07, 6.45) is 1.62. The summed E-state index contributed by atoms with van der Waals surface area (Å²) in [4.78, 5) is 4.13. The minimum Gasteiger partial charge on any atom is -0.439 e. The number of aryl methyl sites for hydroxylation is 1. The van der Waals surface area contributed by atoms with Gasteiger partial charge in [-0.15, -0.1) is 0 Å². The fourth-order valence-corrected chi connectivity index (χ4v) is 1.50. The van der Waals surface area contributed by atoms with E-state index in [1.165, 1.54) is 6.07 Å². The van der Waals surface area contributed by atoms with Crippen LogP contribution < -0.4 is 5.32 Å². The van der Waals surface area contributed by atoms with E-state index in [1.807, 2.05) is 13.0 Å². The summed E-state index contributed by atoms with van der Waals surface area (Å²) in [5, 5.41) is 3.12. The standard InChI is InChI=1S/C13H15FN2O/c1-3-15-8-13-16-7-12(17-13)10-5-4-9(2)11(14)6-10/h4-7,15H,3,8H2,1-2H3. The van der Waals surface area contributed by atoms with Gasteiger partial charge in [-0.1, -0.05) is 19.1 Å². The van der Waals surface area contributed by atoms with Crippen molar-refractivity contribution in [3.05, 3.63) is 41.7 Å². The van der Waals surface area contributed by atoms with E-state index in [4.69, 9.17) is 4.42 Å². The molecule has 1 aromatic carbocycles. The topological polar surface area (TPSA) is 38.1 Å². The second-order valence-corrected chi connectivity index (χ2v) is 3.86. The van der Waals surface area contributed by atoms with Crippen LogP contribution in [0.4, 0.5) is 4.39 Å². The number of benzene rings is 1. The SMILES string of the molecule is CCNCc1ncc(-c2ccc(C)c(F)c2)o1. The molecule has 2 rings (SSSR count). The molecule has 0 aliphatic carbocycles. The van der Waals surface area contributed by atoms with Gasteiger partial charge in [0.05, 0.1) is 12.7 Å². The number of aromatic nitrogens is 1. The van der Waals surface area contributed by atoms with E-state index in [9.17, 15) is 4.39 Å². The van der Waals surface area contributed by atoms with E-state index in [2.05, 4.69) is 10.3 Å². The molecule has 0 saturated carbocycles. The first-order chi connectivity index (χ1) is 8.20. The Labute approximate surface area is 99.7 Å². The number of nitrogens with one attached hydrogen (secondary N) is 1. The predicted octanol–water partition coefficient (Wildman–Crippen LogP) is 2.90. The molecule has 0 amide bonds. The van der Waals surface area contributed by atoms with Crippen LogP contribution in [-0.4, -0.2) is 11.5 Å². The highest BCUT2D eigenvalue weighted by atomic mass is 19.1. The van der Waals surface area contributed by atoms with Crippen LogP contribution in [0.2, 0.25) is 0 Å². The number of rotatable bonds is 4. The van der Waals surface area contributed by atoms with Gasteiger partial charge in [-0.3, -0.25) is 0 Å². The third-order valence-corrected chi connectivity index (χ3v) is 2.54. The Hall–Kier alpha value is -1.68. The Morgan fingerprint density at radius 3 is 2.94 bits per heavy atom. The van der Waals surface area contributed by atoms with Crippen molar-refractivity contribution in [3.63, 3.8) is 0 Å². The highest BCUT2D eigenvalue weighted by Gasteiger charge is 2.07. The minimum atomic E-state index is -0.230. The van der Waals surface area contributed by atoms with Gasteiger partial charge in [-0.25, -0.2) is 9.37 Å². The van der Waals surface area contributed by atoms with Gasteiger partial charge in [0.15, 0.2) is 5.76 Å². The molecule has 1 heterocycles. The molecule has 2 aromatic rings. The zero-order valence-corrected chi connectivity index (χ0v) is 9.96. The van der Waals surface area contributed by atoms with E-state index in [0.29, 0.717) is 29.3 Å². The lowest BCUT2D eigenvalue weighted by molar-refractivity contribution is 0.482. The van der Waals surface area contributed by atoms with Crippen molar-refractivity contribution < 1.29 is 8.81 Å². The highest BCUT2D eigenvalue weighted by Crippen LogP contribution is 2.22. The summed E-state index contributed by atoms with van der Waals surface area (Å²) in [5.74, 6) is 0.978. The Morgan fingerprint density at radius 1 is 1.41 bits per heavy atom. The lowest BCUT2D eigenvalue weighted by atomic mass is 10.1. The van der Waals surface area contributed by atoms with Crippen molar-refractivity contribution in [3.8, 4) is 11.3 Å². The summed E-state index contributed by atoms with van der Waals surface area (Å²) in [6, 6.07) is 5.03.